The Balaban J connectivity index is 1.86. The van der Waals surface area contributed by atoms with E-state index >= 15 is 0 Å². The van der Waals surface area contributed by atoms with Gasteiger partial charge in [-0.15, -0.1) is 0 Å². The zero-order chi connectivity index (χ0) is 13.2. The number of likely N-dealkylation sites (tertiary alicyclic amines) is 1. The standard InChI is InChI=1S/C16H16N2O/c1-12-10-18(11-12)16(19)15-4-2-3-14(9-15)13-5-7-17-8-6-13/h2-9,12H,10-11H2,1H3. The molecule has 0 unspecified atom stereocenters. The lowest BCUT2D eigenvalue weighted by atomic mass is 9.99. The van der Waals surface area contributed by atoms with Crippen LogP contribution in [-0.2, 0) is 0 Å². The maximum Gasteiger partial charge on any atom is 0.253 e. The molecule has 2 heterocycles. The molecule has 1 fully saturated rings. The van der Waals surface area contributed by atoms with Crippen LogP contribution < -0.4 is 0 Å². The molecular formula is C16H16N2O. The first kappa shape index (κ1) is 11.9. The fourth-order valence-electron chi connectivity index (χ4n) is 2.42. The maximum absolute atomic E-state index is 12.3. The number of nitrogens with zero attached hydrogens (tertiary/aromatic N) is 2. The van der Waals surface area contributed by atoms with Gasteiger partial charge in [0.25, 0.3) is 5.91 Å². The van der Waals surface area contributed by atoms with Crippen molar-refractivity contribution in [3.8, 4) is 11.1 Å². The highest BCUT2D eigenvalue weighted by molar-refractivity contribution is 5.96. The number of hydrogen-bond acceptors (Lipinski definition) is 2. The molecule has 0 aliphatic carbocycles. The van der Waals surface area contributed by atoms with Crippen molar-refractivity contribution >= 4 is 5.91 Å². The average molecular weight is 252 g/mol. The molecule has 0 atom stereocenters. The van der Waals surface area contributed by atoms with Crippen LogP contribution in [0, 0.1) is 5.92 Å². The normalized spacial score (nSPS) is 15.1. The van der Waals surface area contributed by atoms with E-state index in [2.05, 4.69) is 11.9 Å². The molecule has 1 aliphatic heterocycles. The van der Waals surface area contributed by atoms with Crippen LogP contribution in [-0.4, -0.2) is 28.9 Å². The summed E-state index contributed by atoms with van der Waals surface area (Å²) < 4.78 is 0. The molecule has 0 bridgehead atoms. The molecule has 3 rings (SSSR count). The maximum atomic E-state index is 12.3. The first-order valence-corrected chi connectivity index (χ1v) is 6.54. The van der Waals surface area contributed by atoms with Crippen LogP contribution in [0.25, 0.3) is 11.1 Å². The summed E-state index contributed by atoms with van der Waals surface area (Å²) in [4.78, 5) is 18.2. The smallest absolute Gasteiger partial charge is 0.253 e. The van der Waals surface area contributed by atoms with Crippen molar-refractivity contribution < 1.29 is 4.79 Å². The van der Waals surface area contributed by atoms with E-state index in [1.807, 2.05) is 41.3 Å². The van der Waals surface area contributed by atoms with E-state index < -0.39 is 0 Å². The third kappa shape index (κ3) is 2.36. The van der Waals surface area contributed by atoms with Crippen LogP contribution in [0.4, 0.5) is 0 Å². The molecule has 3 heteroatoms. The van der Waals surface area contributed by atoms with Crippen molar-refractivity contribution in [1.29, 1.82) is 0 Å². The second-order valence-corrected chi connectivity index (χ2v) is 5.13. The van der Waals surface area contributed by atoms with Gasteiger partial charge in [-0.1, -0.05) is 19.1 Å². The Hall–Kier alpha value is -2.16. The highest BCUT2D eigenvalue weighted by atomic mass is 16.2. The van der Waals surface area contributed by atoms with Crippen molar-refractivity contribution in [2.75, 3.05) is 13.1 Å². The number of hydrogen-bond donors (Lipinski definition) is 0. The Morgan fingerprint density at radius 2 is 1.89 bits per heavy atom. The number of carbonyl (C=O) groups is 1. The van der Waals surface area contributed by atoms with Gasteiger partial charge in [-0.05, 0) is 41.3 Å². The Bertz CT molecular complexity index is 589. The van der Waals surface area contributed by atoms with Gasteiger partial charge in [0.1, 0.15) is 0 Å². The van der Waals surface area contributed by atoms with Gasteiger partial charge in [0.15, 0.2) is 0 Å². The summed E-state index contributed by atoms with van der Waals surface area (Å²) in [6.07, 6.45) is 3.53. The fraction of sp³-hybridized carbons (Fsp3) is 0.250. The molecule has 96 valence electrons. The van der Waals surface area contributed by atoms with E-state index in [0.29, 0.717) is 5.92 Å². The van der Waals surface area contributed by atoms with Crippen molar-refractivity contribution in [3.63, 3.8) is 0 Å². The van der Waals surface area contributed by atoms with Gasteiger partial charge < -0.3 is 4.90 Å². The highest BCUT2D eigenvalue weighted by Crippen LogP contribution is 2.22. The molecule has 1 amide bonds. The van der Waals surface area contributed by atoms with Gasteiger partial charge in [-0.3, -0.25) is 9.78 Å². The molecule has 0 saturated carbocycles. The molecule has 0 N–H and O–H groups in total. The van der Waals surface area contributed by atoms with Crippen molar-refractivity contribution in [2.45, 2.75) is 6.92 Å². The second-order valence-electron chi connectivity index (χ2n) is 5.13. The summed E-state index contributed by atoms with van der Waals surface area (Å²) >= 11 is 0. The highest BCUT2D eigenvalue weighted by Gasteiger charge is 2.27. The van der Waals surface area contributed by atoms with E-state index in [9.17, 15) is 4.79 Å². The number of amides is 1. The third-order valence-electron chi connectivity index (χ3n) is 3.47. The summed E-state index contributed by atoms with van der Waals surface area (Å²) in [5.41, 5.74) is 2.91. The minimum atomic E-state index is 0.133. The summed E-state index contributed by atoms with van der Waals surface area (Å²) in [6.45, 7) is 3.91. The summed E-state index contributed by atoms with van der Waals surface area (Å²) in [5.74, 6) is 0.765. The van der Waals surface area contributed by atoms with Crippen molar-refractivity contribution in [2.24, 2.45) is 5.92 Å². The van der Waals surface area contributed by atoms with Crippen LogP contribution in [0.1, 0.15) is 17.3 Å². The Morgan fingerprint density at radius 1 is 1.16 bits per heavy atom. The lowest BCUT2D eigenvalue weighted by Gasteiger charge is -2.37. The van der Waals surface area contributed by atoms with Crippen molar-refractivity contribution in [3.05, 3.63) is 54.4 Å². The number of rotatable bonds is 2. The second kappa shape index (κ2) is 4.84. The molecule has 3 nitrogen and oxygen atoms in total. The molecule has 2 aromatic rings. The summed E-state index contributed by atoms with van der Waals surface area (Å²) in [6, 6.07) is 11.7. The Morgan fingerprint density at radius 3 is 2.58 bits per heavy atom. The Kier molecular flexibility index (Phi) is 3.03. The first-order chi connectivity index (χ1) is 9.24. The monoisotopic (exact) mass is 252 g/mol. The Labute approximate surface area is 112 Å². The largest absolute Gasteiger partial charge is 0.338 e. The van der Waals surface area contributed by atoms with Crippen LogP contribution in [0.5, 0.6) is 0 Å². The van der Waals surface area contributed by atoms with Gasteiger partial charge >= 0.3 is 0 Å². The van der Waals surface area contributed by atoms with Gasteiger partial charge in [0, 0.05) is 31.0 Å². The number of benzene rings is 1. The fourth-order valence-corrected chi connectivity index (χ4v) is 2.42. The average Bonchev–Trinajstić information content (AvgIpc) is 2.44. The van der Waals surface area contributed by atoms with Crippen LogP contribution in [0.2, 0.25) is 0 Å². The number of pyridine rings is 1. The topological polar surface area (TPSA) is 33.2 Å². The zero-order valence-corrected chi connectivity index (χ0v) is 10.9. The molecule has 1 aliphatic rings. The van der Waals surface area contributed by atoms with E-state index in [1.165, 1.54) is 0 Å². The minimum Gasteiger partial charge on any atom is -0.338 e. The molecule has 1 aromatic carbocycles. The van der Waals surface area contributed by atoms with Crippen LogP contribution in [0.3, 0.4) is 0 Å². The zero-order valence-electron chi connectivity index (χ0n) is 10.9. The quantitative estimate of drug-likeness (QED) is 0.823. The van der Waals surface area contributed by atoms with Gasteiger partial charge in [0.2, 0.25) is 0 Å². The van der Waals surface area contributed by atoms with E-state index in [4.69, 9.17) is 0 Å². The molecular weight excluding hydrogens is 236 g/mol. The third-order valence-corrected chi connectivity index (χ3v) is 3.47. The molecule has 0 spiro atoms. The van der Waals surface area contributed by atoms with E-state index in [0.717, 1.165) is 29.8 Å². The first-order valence-electron chi connectivity index (χ1n) is 6.54. The summed E-state index contributed by atoms with van der Waals surface area (Å²) in [5, 5.41) is 0. The number of carbonyl (C=O) groups excluding carboxylic acids is 1. The van der Waals surface area contributed by atoms with Gasteiger partial charge in [-0.2, -0.15) is 0 Å². The van der Waals surface area contributed by atoms with Gasteiger partial charge in [0.05, 0.1) is 0 Å². The minimum absolute atomic E-state index is 0.133. The lowest BCUT2D eigenvalue weighted by Crippen LogP contribution is -2.48. The van der Waals surface area contributed by atoms with Crippen LogP contribution in [0.15, 0.2) is 48.8 Å². The lowest BCUT2D eigenvalue weighted by molar-refractivity contribution is 0.0530. The number of aromatic nitrogens is 1. The predicted molar refractivity (Wildman–Crippen MR) is 74.7 cm³/mol. The van der Waals surface area contributed by atoms with Crippen LogP contribution >= 0.6 is 0 Å². The molecule has 1 aromatic heterocycles. The van der Waals surface area contributed by atoms with Crippen molar-refractivity contribution in [1.82, 2.24) is 9.88 Å². The molecule has 1 saturated heterocycles. The van der Waals surface area contributed by atoms with E-state index in [-0.39, 0.29) is 5.91 Å². The summed E-state index contributed by atoms with van der Waals surface area (Å²) in [7, 11) is 0. The molecule has 0 radical (unpaired) electrons. The van der Waals surface area contributed by atoms with E-state index in [1.54, 1.807) is 12.4 Å². The molecule has 19 heavy (non-hydrogen) atoms. The van der Waals surface area contributed by atoms with Gasteiger partial charge in [-0.25, -0.2) is 0 Å². The predicted octanol–water partition coefficient (Wildman–Crippen LogP) is 2.84. The SMILES string of the molecule is CC1CN(C(=O)c2cccc(-c3ccncc3)c2)C1.